The van der Waals surface area contributed by atoms with Crippen LogP contribution in [0.15, 0.2) is 0 Å². The van der Waals surface area contributed by atoms with Crippen molar-refractivity contribution in [3.8, 4) is 0 Å². The zero-order chi connectivity index (χ0) is 10.8. The molecule has 4 heteroatoms. The highest BCUT2D eigenvalue weighted by Gasteiger charge is 2.17. The first-order chi connectivity index (χ1) is 7.15. The molecule has 0 atom stereocenters. The minimum atomic E-state index is 0.418. The van der Waals surface area contributed by atoms with Gasteiger partial charge in [0.1, 0.15) is 5.01 Å². The van der Waals surface area contributed by atoms with E-state index in [2.05, 4.69) is 23.7 Å². The number of hydrogen-bond donors (Lipinski definition) is 1. The number of rotatable bonds is 2. The lowest BCUT2D eigenvalue weighted by Gasteiger charge is -2.29. The van der Waals surface area contributed by atoms with Gasteiger partial charge in [-0.25, -0.2) is 4.98 Å². The maximum absolute atomic E-state index is 5.88. The SMILES string of the molecule is Cc1nc(CN2CCC(N)CC2)sc1C. The number of nitrogens with zero attached hydrogens (tertiary/aromatic N) is 2. The first-order valence-electron chi connectivity index (χ1n) is 5.56. The third kappa shape index (κ3) is 2.77. The summed E-state index contributed by atoms with van der Waals surface area (Å²) >= 11 is 1.82. The Morgan fingerprint density at radius 2 is 2.07 bits per heavy atom. The third-order valence-electron chi connectivity index (χ3n) is 3.06. The molecule has 0 bridgehead atoms. The molecule has 0 spiro atoms. The van der Waals surface area contributed by atoms with Gasteiger partial charge in [-0.05, 0) is 26.7 Å². The van der Waals surface area contributed by atoms with E-state index in [1.807, 2.05) is 11.3 Å². The van der Waals surface area contributed by atoms with Crippen LogP contribution in [0.25, 0.3) is 0 Å². The largest absolute Gasteiger partial charge is 0.328 e. The van der Waals surface area contributed by atoms with Crippen LogP contribution in [0.3, 0.4) is 0 Å². The summed E-state index contributed by atoms with van der Waals surface area (Å²) in [7, 11) is 0. The van der Waals surface area contributed by atoms with Crippen LogP contribution < -0.4 is 5.73 Å². The van der Waals surface area contributed by atoms with Crippen LogP contribution >= 0.6 is 11.3 Å². The van der Waals surface area contributed by atoms with Crippen molar-refractivity contribution >= 4 is 11.3 Å². The highest BCUT2D eigenvalue weighted by atomic mass is 32.1. The van der Waals surface area contributed by atoms with Crippen LogP contribution in [0, 0.1) is 13.8 Å². The summed E-state index contributed by atoms with van der Waals surface area (Å²) in [6.07, 6.45) is 2.26. The smallest absolute Gasteiger partial charge is 0.107 e. The fourth-order valence-corrected chi connectivity index (χ4v) is 2.89. The van der Waals surface area contributed by atoms with E-state index in [1.165, 1.54) is 15.6 Å². The molecule has 1 fully saturated rings. The summed E-state index contributed by atoms with van der Waals surface area (Å²) in [4.78, 5) is 8.37. The van der Waals surface area contributed by atoms with Gasteiger partial charge in [0.15, 0.2) is 0 Å². The summed E-state index contributed by atoms with van der Waals surface area (Å²) < 4.78 is 0. The van der Waals surface area contributed by atoms with E-state index in [1.54, 1.807) is 0 Å². The highest BCUT2D eigenvalue weighted by molar-refractivity contribution is 7.11. The predicted molar refractivity (Wildman–Crippen MR) is 64.1 cm³/mol. The average molecular weight is 225 g/mol. The second kappa shape index (κ2) is 4.60. The second-order valence-corrected chi connectivity index (χ2v) is 5.65. The molecule has 2 rings (SSSR count). The monoisotopic (exact) mass is 225 g/mol. The lowest BCUT2D eigenvalue weighted by molar-refractivity contribution is 0.205. The highest BCUT2D eigenvalue weighted by Crippen LogP contribution is 2.19. The Labute approximate surface area is 95.3 Å². The molecule has 1 aliphatic rings. The topological polar surface area (TPSA) is 42.2 Å². The van der Waals surface area contributed by atoms with E-state index in [0.717, 1.165) is 32.5 Å². The maximum atomic E-state index is 5.88. The summed E-state index contributed by atoms with van der Waals surface area (Å²) in [5, 5.41) is 1.25. The first kappa shape index (κ1) is 11.0. The van der Waals surface area contributed by atoms with Crippen LogP contribution in [0.4, 0.5) is 0 Å². The van der Waals surface area contributed by atoms with Gasteiger partial charge in [0, 0.05) is 24.0 Å². The van der Waals surface area contributed by atoms with Gasteiger partial charge >= 0.3 is 0 Å². The maximum Gasteiger partial charge on any atom is 0.107 e. The molecule has 1 saturated heterocycles. The Balaban J connectivity index is 1.91. The standard InChI is InChI=1S/C11H19N3S/c1-8-9(2)15-11(13-8)7-14-5-3-10(12)4-6-14/h10H,3-7,12H2,1-2H3. The Bertz CT molecular complexity index is 307. The number of piperidine rings is 1. The predicted octanol–water partition coefficient (Wildman–Crippen LogP) is 1.68. The first-order valence-corrected chi connectivity index (χ1v) is 6.37. The van der Waals surface area contributed by atoms with Gasteiger partial charge < -0.3 is 5.73 Å². The van der Waals surface area contributed by atoms with Crippen molar-refractivity contribution in [3.63, 3.8) is 0 Å². The molecular weight excluding hydrogens is 206 g/mol. The molecule has 84 valence electrons. The van der Waals surface area contributed by atoms with Crippen LogP contribution in [-0.2, 0) is 6.54 Å². The second-order valence-electron chi connectivity index (χ2n) is 4.36. The fourth-order valence-electron chi connectivity index (χ4n) is 1.91. The molecule has 0 saturated carbocycles. The van der Waals surface area contributed by atoms with Crippen molar-refractivity contribution < 1.29 is 0 Å². The molecular formula is C11H19N3S. The van der Waals surface area contributed by atoms with Crippen LogP contribution in [0.5, 0.6) is 0 Å². The van der Waals surface area contributed by atoms with Gasteiger partial charge in [-0.15, -0.1) is 11.3 Å². The molecule has 0 aromatic carbocycles. The summed E-state index contributed by atoms with van der Waals surface area (Å²) in [5.41, 5.74) is 7.06. The van der Waals surface area contributed by atoms with Crippen molar-refractivity contribution in [2.24, 2.45) is 5.73 Å². The molecule has 2 heterocycles. The molecule has 1 aliphatic heterocycles. The van der Waals surface area contributed by atoms with Gasteiger partial charge in [0.2, 0.25) is 0 Å². The van der Waals surface area contributed by atoms with Crippen molar-refractivity contribution in [2.75, 3.05) is 13.1 Å². The molecule has 0 radical (unpaired) electrons. The number of hydrogen-bond acceptors (Lipinski definition) is 4. The number of thiazole rings is 1. The molecule has 0 unspecified atom stereocenters. The zero-order valence-corrected chi connectivity index (χ0v) is 10.3. The van der Waals surface area contributed by atoms with Gasteiger partial charge in [0.25, 0.3) is 0 Å². The van der Waals surface area contributed by atoms with Crippen LogP contribution in [-0.4, -0.2) is 29.0 Å². The normalized spacial score (nSPS) is 19.7. The fraction of sp³-hybridized carbons (Fsp3) is 0.727. The van der Waals surface area contributed by atoms with E-state index in [4.69, 9.17) is 5.73 Å². The number of nitrogens with two attached hydrogens (primary N) is 1. The minimum absolute atomic E-state index is 0.418. The molecule has 1 aromatic rings. The van der Waals surface area contributed by atoms with Crippen molar-refractivity contribution in [1.82, 2.24) is 9.88 Å². The van der Waals surface area contributed by atoms with E-state index < -0.39 is 0 Å². The van der Waals surface area contributed by atoms with Crippen molar-refractivity contribution in [2.45, 2.75) is 39.3 Å². The average Bonchev–Trinajstić information content (AvgIpc) is 2.50. The van der Waals surface area contributed by atoms with E-state index in [9.17, 15) is 0 Å². The lowest BCUT2D eigenvalue weighted by Crippen LogP contribution is -2.39. The Morgan fingerprint density at radius 3 is 2.60 bits per heavy atom. The van der Waals surface area contributed by atoms with Gasteiger partial charge in [0.05, 0.1) is 12.2 Å². The molecule has 0 amide bonds. The van der Waals surface area contributed by atoms with Gasteiger partial charge in [-0.2, -0.15) is 0 Å². The quantitative estimate of drug-likeness (QED) is 0.832. The Hall–Kier alpha value is -0.450. The summed E-state index contributed by atoms with van der Waals surface area (Å²) in [6.45, 7) is 7.48. The van der Waals surface area contributed by atoms with Crippen LogP contribution in [0.1, 0.15) is 28.4 Å². The zero-order valence-electron chi connectivity index (χ0n) is 9.49. The van der Waals surface area contributed by atoms with Crippen molar-refractivity contribution in [1.29, 1.82) is 0 Å². The number of likely N-dealkylation sites (tertiary alicyclic amines) is 1. The van der Waals surface area contributed by atoms with E-state index in [0.29, 0.717) is 6.04 Å². The Morgan fingerprint density at radius 1 is 1.40 bits per heavy atom. The molecule has 15 heavy (non-hydrogen) atoms. The number of aromatic nitrogens is 1. The molecule has 1 aromatic heterocycles. The molecule has 2 N–H and O–H groups in total. The van der Waals surface area contributed by atoms with Gasteiger partial charge in [-0.3, -0.25) is 4.90 Å². The van der Waals surface area contributed by atoms with E-state index >= 15 is 0 Å². The molecule has 0 aliphatic carbocycles. The van der Waals surface area contributed by atoms with E-state index in [-0.39, 0.29) is 0 Å². The molecule has 3 nitrogen and oxygen atoms in total. The van der Waals surface area contributed by atoms with Crippen molar-refractivity contribution in [3.05, 3.63) is 15.6 Å². The summed E-state index contributed by atoms with van der Waals surface area (Å²) in [6, 6.07) is 0.418. The summed E-state index contributed by atoms with van der Waals surface area (Å²) in [5.74, 6) is 0. The number of aryl methyl sites for hydroxylation is 2. The van der Waals surface area contributed by atoms with Gasteiger partial charge in [-0.1, -0.05) is 0 Å². The minimum Gasteiger partial charge on any atom is -0.328 e. The van der Waals surface area contributed by atoms with Crippen LogP contribution in [0.2, 0.25) is 0 Å². The Kier molecular flexibility index (Phi) is 3.38. The third-order valence-corrected chi connectivity index (χ3v) is 4.12. The lowest BCUT2D eigenvalue weighted by atomic mass is 10.1.